The molecule has 1 unspecified atom stereocenters. The molecular formula is C18H29NO. The van der Waals surface area contributed by atoms with Crippen molar-refractivity contribution in [2.24, 2.45) is 17.8 Å². The highest BCUT2D eigenvalue weighted by Gasteiger charge is 2.27. The number of aliphatic hydroxyl groups is 1. The molecule has 0 spiro atoms. The van der Waals surface area contributed by atoms with E-state index in [2.05, 4.69) is 37.9 Å². The van der Waals surface area contributed by atoms with Crippen LogP contribution in [0.4, 0.5) is 0 Å². The lowest BCUT2D eigenvalue weighted by Crippen LogP contribution is -2.29. The highest BCUT2D eigenvalue weighted by atomic mass is 16.3. The van der Waals surface area contributed by atoms with Crippen LogP contribution in [0.2, 0.25) is 0 Å². The predicted molar refractivity (Wildman–Crippen MR) is 83.6 cm³/mol. The molecule has 0 saturated heterocycles. The first kappa shape index (κ1) is 15.5. The number of pyridine rings is 1. The van der Waals surface area contributed by atoms with E-state index in [-0.39, 0.29) is 6.10 Å². The smallest absolute Gasteiger partial charge is 0.0623 e. The first-order chi connectivity index (χ1) is 9.60. The van der Waals surface area contributed by atoms with E-state index in [0.717, 1.165) is 24.0 Å². The van der Waals surface area contributed by atoms with Gasteiger partial charge in [0.2, 0.25) is 0 Å². The summed E-state index contributed by atoms with van der Waals surface area (Å²) in [4.78, 5) is 4.47. The summed E-state index contributed by atoms with van der Waals surface area (Å²) in [6.07, 6.45) is 8.37. The van der Waals surface area contributed by atoms with Gasteiger partial charge in [-0.2, -0.15) is 0 Å². The molecule has 0 bridgehead atoms. The zero-order valence-corrected chi connectivity index (χ0v) is 13.2. The number of nitrogens with zero attached hydrogens (tertiary/aromatic N) is 1. The van der Waals surface area contributed by atoms with Crippen LogP contribution in [0.3, 0.4) is 0 Å². The first-order valence-electron chi connectivity index (χ1n) is 8.22. The van der Waals surface area contributed by atoms with Gasteiger partial charge in [0.15, 0.2) is 0 Å². The fraction of sp³-hybridized carbons (Fsp3) is 0.722. The van der Waals surface area contributed by atoms with Gasteiger partial charge in [0.1, 0.15) is 0 Å². The number of hydrogen-bond acceptors (Lipinski definition) is 2. The summed E-state index contributed by atoms with van der Waals surface area (Å²) in [5, 5.41) is 10.4. The molecule has 1 aliphatic rings. The third-order valence-electron chi connectivity index (χ3n) is 5.02. The number of aromatic nitrogens is 1. The van der Waals surface area contributed by atoms with Crippen LogP contribution < -0.4 is 0 Å². The van der Waals surface area contributed by atoms with E-state index < -0.39 is 0 Å². The zero-order valence-electron chi connectivity index (χ0n) is 13.2. The van der Waals surface area contributed by atoms with Crippen LogP contribution in [0.25, 0.3) is 0 Å². The van der Waals surface area contributed by atoms with Crippen molar-refractivity contribution in [3.8, 4) is 0 Å². The van der Waals surface area contributed by atoms with Gasteiger partial charge in [-0.1, -0.05) is 26.8 Å². The Labute approximate surface area is 123 Å². The molecule has 1 aromatic rings. The Morgan fingerprint density at radius 1 is 1.15 bits per heavy atom. The number of hydrogen-bond donors (Lipinski definition) is 1. The van der Waals surface area contributed by atoms with Gasteiger partial charge in [0, 0.05) is 18.3 Å². The molecule has 0 aliphatic heterocycles. The molecule has 2 heteroatoms. The second-order valence-corrected chi connectivity index (χ2v) is 6.70. The van der Waals surface area contributed by atoms with Crippen molar-refractivity contribution in [1.29, 1.82) is 0 Å². The first-order valence-corrected chi connectivity index (χ1v) is 8.22. The van der Waals surface area contributed by atoms with Gasteiger partial charge >= 0.3 is 0 Å². The van der Waals surface area contributed by atoms with Crippen LogP contribution in [0.1, 0.15) is 57.7 Å². The van der Waals surface area contributed by atoms with Crippen LogP contribution in [0, 0.1) is 17.8 Å². The number of rotatable bonds is 5. The highest BCUT2D eigenvalue weighted by molar-refractivity contribution is 5.14. The summed E-state index contributed by atoms with van der Waals surface area (Å²) < 4.78 is 0. The van der Waals surface area contributed by atoms with Crippen LogP contribution in [0.15, 0.2) is 18.3 Å². The molecule has 1 aliphatic carbocycles. The van der Waals surface area contributed by atoms with Crippen LogP contribution in [-0.4, -0.2) is 16.2 Å². The van der Waals surface area contributed by atoms with Crippen molar-refractivity contribution in [3.05, 3.63) is 29.6 Å². The Morgan fingerprint density at radius 2 is 1.80 bits per heavy atom. The molecule has 1 heterocycles. The molecule has 1 N–H and O–H groups in total. The third-order valence-corrected chi connectivity index (χ3v) is 5.02. The van der Waals surface area contributed by atoms with Crippen molar-refractivity contribution in [3.63, 3.8) is 0 Å². The van der Waals surface area contributed by atoms with Crippen LogP contribution >= 0.6 is 0 Å². The van der Waals surface area contributed by atoms with Crippen LogP contribution in [-0.2, 0) is 12.8 Å². The van der Waals surface area contributed by atoms with Crippen molar-refractivity contribution in [1.82, 2.24) is 4.98 Å². The van der Waals surface area contributed by atoms with Crippen molar-refractivity contribution in [2.45, 2.75) is 65.4 Å². The second-order valence-electron chi connectivity index (χ2n) is 6.70. The molecule has 20 heavy (non-hydrogen) atoms. The minimum Gasteiger partial charge on any atom is -0.392 e. The topological polar surface area (TPSA) is 33.1 Å². The van der Waals surface area contributed by atoms with Gasteiger partial charge in [-0.15, -0.1) is 0 Å². The summed E-state index contributed by atoms with van der Waals surface area (Å²) in [7, 11) is 0. The van der Waals surface area contributed by atoms with E-state index in [9.17, 15) is 5.11 Å². The average molecular weight is 275 g/mol. The molecule has 0 aromatic carbocycles. The minimum absolute atomic E-state index is 0.219. The molecule has 0 amide bonds. The lowest BCUT2D eigenvalue weighted by molar-refractivity contribution is 0.0668. The average Bonchev–Trinajstić information content (AvgIpc) is 2.48. The van der Waals surface area contributed by atoms with E-state index in [1.54, 1.807) is 0 Å². The maximum absolute atomic E-state index is 10.4. The van der Waals surface area contributed by atoms with E-state index in [1.165, 1.54) is 31.2 Å². The standard InChI is InChI=1S/C18H29NO/c1-4-14-5-10-17(19-12-14)11-18(20)16-8-6-15(7-9-16)13(2)3/h5,10,12-13,15-16,18,20H,4,6-9,11H2,1-3H3. The Hall–Kier alpha value is -0.890. The second kappa shape index (κ2) is 7.21. The summed E-state index contributed by atoms with van der Waals surface area (Å²) in [6, 6.07) is 4.20. The highest BCUT2D eigenvalue weighted by Crippen LogP contribution is 2.35. The maximum Gasteiger partial charge on any atom is 0.0623 e. The van der Waals surface area contributed by atoms with Gasteiger partial charge in [0.25, 0.3) is 0 Å². The Balaban J connectivity index is 1.84. The lowest BCUT2D eigenvalue weighted by Gasteiger charge is -2.33. The third kappa shape index (κ3) is 4.05. The lowest BCUT2D eigenvalue weighted by atomic mass is 9.74. The summed E-state index contributed by atoms with van der Waals surface area (Å²) >= 11 is 0. The van der Waals surface area contributed by atoms with Gasteiger partial charge < -0.3 is 5.11 Å². The summed E-state index contributed by atoms with van der Waals surface area (Å²) in [5.74, 6) is 2.12. The quantitative estimate of drug-likeness (QED) is 0.880. The van der Waals surface area contributed by atoms with Crippen molar-refractivity contribution < 1.29 is 5.11 Å². The van der Waals surface area contributed by atoms with E-state index in [0.29, 0.717) is 12.3 Å². The monoisotopic (exact) mass is 275 g/mol. The van der Waals surface area contributed by atoms with E-state index >= 15 is 0 Å². The van der Waals surface area contributed by atoms with Gasteiger partial charge in [-0.05, 0) is 61.5 Å². The Kier molecular flexibility index (Phi) is 5.59. The van der Waals surface area contributed by atoms with Gasteiger partial charge in [0.05, 0.1) is 6.10 Å². The molecule has 1 atom stereocenters. The molecule has 2 nitrogen and oxygen atoms in total. The summed E-state index contributed by atoms with van der Waals surface area (Å²) in [6.45, 7) is 6.78. The van der Waals surface area contributed by atoms with Crippen molar-refractivity contribution >= 4 is 0 Å². The van der Waals surface area contributed by atoms with Gasteiger partial charge in [-0.25, -0.2) is 0 Å². The minimum atomic E-state index is -0.219. The largest absolute Gasteiger partial charge is 0.392 e. The Morgan fingerprint density at radius 3 is 2.30 bits per heavy atom. The van der Waals surface area contributed by atoms with E-state index in [4.69, 9.17) is 0 Å². The molecule has 112 valence electrons. The van der Waals surface area contributed by atoms with Crippen molar-refractivity contribution in [2.75, 3.05) is 0 Å². The molecule has 1 aromatic heterocycles. The fourth-order valence-corrected chi connectivity index (χ4v) is 3.36. The molecular weight excluding hydrogens is 246 g/mol. The normalized spacial score (nSPS) is 24.9. The molecule has 1 saturated carbocycles. The predicted octanol–water partition coefficient (Wildman–Crippen LogP) is 4.01. The SMILES string of the molecule is CCc1ccc(CC(O)C2CCC(C(C)C)CC2)nc1. The maximum atomic E-state index is 10.4. The van der Waals surface area contributed by atoms with Gasteiger partial charge in [-0.3, -0.25) is 4.98 Å². The zero-order chi connectivity index (χ0) is 14.5. The number of aliphatic hydroxyl groups excluding tert-OH is 1. The molecule has 2 rings (SSSR count). The number of aryl methyl sites for hydroxylation is 1. The van der Waals surface area contributed by atoms with Crippen LogP contribution in [0.5, 0.6) is 0 Å². The molecule has 0 radical (unpaired) electrons. The summed E-state index contributed by atoms with van der Waals surface area (Å²) in [5.41, 5.74) is 2.29. The van der Waals surface area contributed by atoms with E-state index in [1.807, 2.05) is 6.20 Å². The molecule has 1 fully saturated rings. The fourth-order valence-electron chi connectivity index (χ4n) is 3.36. The Bertz CT molecular complexity index is 390.